The number of furan rings is 1. The number of esters is 1. The molecule has 0 fully saturated rings. The fourth-order valence-corrected chi connectivity index (χ4v) is 2.78. The molecule has 0 saturated carbocycles. The van der Waals surface area contributed by atoms with Crippen LogP contribution in [0.4, 0.5) is 0 Å². The Bertz CT molecular complexity index is 544. The molecule has 0 saturated heterocycles. The molecule has 0 aliphatic heterocycles. The third-order valence-electron chi connectivity index (χ3n) is 2.76. The van der Waals surface area contributed by atoms with Crippen molar-refractivity contribution in [2.45, 2.75) is 19.4 Å². The zero-order valence-corrected chi connectivity index (χ0v) is 11.1. The summed E-state index contributed by atoms with van der Waals surface area (Å²) < 4.78 is 10.0. The number of rotatable bonds is 4. The molecule has 2 aromatic heterocycles. The smallest absolute Gasteiger partial charge is 0.373 e. The van der Waals surface area contributed by atoms with Crippen LogP contribution in [0.5, 0.6) is 0 Å². The second kappa shape index (κ2) is 5.37. The molecule has 4 nitrogen and oxygen atoms in total. The van der Waals surface area contributed by atoms with E-state index in [0.29, 0.717) is 5.76 Å². The van der Waals surface area contributed by atoms with Crippen LogP contribution in [-0.2, 0) is 11.2 Å². The summed E-state index contributed by atoms with van der Waals surface area (Å²) in [5.74, 6) is 0.264. The Labute approximate surface area is 109 Å². The van der Waals surface area contributed by atoms with Crippen LogP contribution in [0, 0.1) is 0 Å². The summed E-state index contributed by atoms with van der Waals surface area (Å²) in [6.45, 7) is 2.08. The number of thiophene rings is 1. The first-order chi connectivity index (χ1) is 8.67. The Kier molecular flexibility index (Phi) is 3.84. The van der Waals surface area contributed by atoms with Crippen LogP contribution >= 0.6 is 11.3 Å². The third kappa shape index (κ3) is 2.32. The van der Waals surface area contributed by atoms with E-state index in [-0.39, 0.29) is 11.8 Å². The Morgan fingerprint density at radius 1 is 1.50 bits per heavy atom. The van der Waals surface area contributed by atoms with Crippen LogP contribution in [0.3, 0.4) is 0 Å². The quantitative estimate of drug-likeness (QED) is 0.863. The van der Waals surface area contributed by atoms with Gasteiger partial charge in [0.25, 0.3) is 0 Å². The fourth-order valence-electron chi connectivity index (χ4n) is 1.77. The first-order valence-electron chi connectivity index (χ1n) is 5.67. The summed E-state index contributed by atoms with van der Waals surface area (Å²) in [4.78, 5) is 12.4. The van der Waals surface area contributed by atoms with E-state index in [0.717, 1.165) is 11.3 Å². The molecule has 0 aliphatic carbocycles. The van der Waals surface area contributed by atoms with Gasteiger partial charge in [0, 0.05) is 4.88 Å². The highest BCUT2D eigenvalue weighted by Crippen LogP contribution is 2.29. The van der Waals surface area contributed by atoms with Crippen molar-refractivity contribution in [2.24, 2.45) is 5.73 Å². The summed E-state index contributed by atoms with van der Waals surface area (Å²) in [7, 11) is 1.32. The second-order valence-electron chi connectivity index (χ2n) is 3.83. The van der Waals surface area contributed by atoms with E-state index in [1.54, 1.807) is 23.5 Å². The average molecular weight is 265 g/mol. The SMILES string of the molecule is CCc1ccsc1C(N)c1ccc(C(=O)OC)o1. The van der Waals surface area contributed by atoms with Crippen molar-refractivity contribution in [3.05, 3.63) is 45.5 Å². The van der Waals surface area contributed by atoms with E-state index in [9.17, 15) is 4.79 Å². The van der Waals surface area contributed by atoms with Gasteiger partial charge in [0.1, 0.15) is 5.76 Å². The lowest BCUT2D eigenvalue weighted by molar-refractivity contribution is 0.0563. The summed E-state index contributed by atoms with van der Waals surface area (Å²) in [5.41, 5.74) is 7.37. The molecule has 2 rings (SSSR count). The molecule has 2 N–H and O–H groups in total. The Balaban J connectivity index is 2.26. The van der Waals surface area contributed by atoms with Gasteiger partial charge >= 0.3 is 5.97 Å². The normalized spacial score (nSPS) is 12.4. The van der Waals surface area contributed by atoms with Gasteiger partial charge in [0.05, 0.1) is 13.2 Å². The third-order valence-corrected chi connectivity index (χ3v) is 3.81. The molecule has 2 aromatic rings. The van der Waals surface area contributed by atoms with Gasteiger partial charge in [-0.25, -0.2) is 4.79 Å². The first-order valence-corrected chi connectivity index (χ1v) is 6.55. The van der Waals surface area contributed by atoms with Crippen LogP contribution < -0.4 is 5.73 Å². The molecular weight excluding hydrogens is 250 g/mol. The highest BCUT2D eigenvalue weighted by molar-refractivity contribution is 7.10. The highest BCUT2D eigenvalue weighted by atomic mass is 32.1. The van der Waals surface area contributed by atoms with Crippen molar-refractivity contribution in [3.63, 3.8) is 0 Å². The van der Waals surface area contributed by atoms with Crippen molar-refractivity contribution in [2.75, 3.05) is 7.11 Å². The predicted molar refractivity (Wildman–Crippen MR) is 69.8 cm³/mol. The topological polar surface area (TPSA) is 65.5 Å². The van der Waals surface area contributed by atoms with E-state index in [1.165, 1.54) is 12.7 Å². The summed E-state index contributed by atoms with van der Waals surface area (Å²) in [6.07, 6.45) is 0.928. The molecule has 5 heteroatoms. The molecule has 0 spiro atoms. The molecular formula is C13H15NO3S. The number of ether oxygens (including phenoxy) is 1. The Morgan fingerprint density at radius 2 is 2.28 bits per heavy atom. The second-order valence-corrected chi connectivity index (χ2v) is 4.78. The number of carbonyl (C=O) groups is 1. The fraction of sp³-hybridized carbons (Fsp3) is 0.308. The van der Waals surface area contributed by atoms with Gasteiger partial charge in [-0.05, 0) is 35.6 Å². The van der Waals surface area contributed by atoms with Gasteiger partial charge in [0.15, 0.2) is 0 Å². The average Bonchev–Trinajstić information content (AvgIpc) is 3.05. The maximum Gasteiger partial charge on any atom is 0.373 e. The van der Waals surface area contributed by atoms with Crippen LogP contribution in [0.1, 0.15) is 39.7 Å². The zero-order chi connectivity index (χ0) is 13.1. The van der Waals surface area contributed by atoms with Gasteiger partial charge in [0.2, 0.25) is 5.76 Å². The minimum Gasteiger partial charge on any atom is -0.463 e. The Hall–Kier alpha value is -1.59. The standard InChI is InChI=1S/C13H15NO3S/c1-3-8-6-7-18-12(8)11(14)9-4-5-10(17-9)13(15)16-2/h4-7,11H,3,14H2,1-2H3. The van der Waals surface area contributed by atoms with Crippen molar-refractivity contribution in [1.82, 2.24) is 0 Å². The number of aryl methyl sites for hydroxylation is 1. The van der Waals surface area contributed by atoms with Gasteiger partial charge in [-0.3, -0.25) is 0 Å². The summed E-state index contributed by atoms with van der Waals surface area (Å²) >= 11 is 1.60. The Morgan fingerprint density at radius 3 is 2.94 bits per heavy atom. The van der Waals surface area contributed by atoms with Gasteiger partial charge in [-0.1, -0.05) is 6.92 Å². The number of hydrogen-bond acceptors (Lipinski definition) is 5. The van der Waals surface area contributed by atoms with Crippen LogP contribution in [0.2, 0.25) is 0 Å². The maximum atomic E-state index is 11.3. The predicted octanol–water partition coefficient (Wildman–Crippen LogP) is 2.74. The molecule has 1 unspecified atom stereocenters. The summed E-state index contributed by atoms with van der Waals surface area (Å²) in [6, 6.07) is 5.03. The molecule has 0 amide bonds. The lowest BCUT2D eigenvalue weighted by atomic mass is 10.1. The van der Waals surface area contributed by atoms with E-state index in [1.807, 2.05) is 5.38 Å². The summed E-state index contributed by atoms with van der Waals surface area (Å²) in [5, 5.41) is 2.01. The van der Waals surface area contributed by atoms with Gasteiger partial charge in [-0.2, -0.15) is 0 Å². The first kappa shape index (κ1) is 12.9. The van der Waals surface area contributed by atoms with E-state index in [4.69, 9.17) is 10.2 Å². The molecule has 18 heavy (non-hydrogen) atoms. The van der Waals surface area contributed by atoms with Crippen molar-refractivity contribution < 1.29 is 13.9 Å². The largest absolute Gasteiger partial charge is 0.463 e. The van der Waals surface area contributed by atoms with Crippen molar-refractivity contribution in [1.29, 1.82) is 0 Å². The highest BCUT2D eigenvalue weighted by Gasteiger charge is 2.19. The molecule has 1 atom stereocenters. The van der Waals surface area contributed by atoms with Crippen LogP contribution in [-0.4, -0.2) is 13.1 Å². The zero-order valence-electron chi connectivity index (χ0n) is 10.3. The van der Waals surface area contributed by atoms with E-state index >= 15 is 0 Å². The van der Waals surface area contributed by atoms with E-state index in [2.05, 4.69) is 17.7 Å². The molecule has 0 bridgehead atoms. The number of hydrogen-bond donors (Lipinski definition) is 1. The van der Waals surface area contributed by atoms with Gasteiger partial charge in [-0.15, -0.1) is 11.3 Å². The van der Waals surface area contributed by atoms with E-state index < -0.39 is 5.97 Å². The number of nitrogens with two attached hydrogens (primary N) is 1. The molecule has 0 radical (unpaired) electrons. The van der Waals surface area contributed by atoms with Gasteiger partial charge < -0.3 is 14.9 Å². The number of methoxy groups -OCH3 is 1. The molecule has 96 valence electrons. The minimum absolute atomic E-state index is 0.178. The van der Waals surface area contributed by atoms with Crippen LogP contribution in [0.25, 0.3) is 0 Å². The molecule has 0 aromatic carbocycles. The molecule has 0 aliphatic rings. The van der Waals surface area contributed by atoms with Crippen molar-refractivity contribution >= 4 is 17.3 Å². The molecule has 2 heterocycles. The minimum atomic E-state index is -0.490. The van der Waals surface area contributed by atoms with Crippen LogP contribution in [0.15, 0.2) is 28.0 Å². The lowest BCUT2D eigenvalue weighted by Crippen LogP contribution is -2.11. The van der Waals surface area contributed by atoms with Crippen molar-refractivity contribution in [3.8, 4) is 0 Å². The lowest BCUT2D eigenvalue weighted by Gasteiger charge is -2.08. The monoisotopic (exact) mass is 265 g/mol. The number of carbonyl (C=O) groups excluding carboxylic acids is 1. The maximum absolute atomic E-state index is 11.3.